The number of sulfonamides is 1. The molecule has 2 aromatic heterocycles. The molecule has 0 radical (unpaired) electrons. The van der Waals surface area contributed by atoms with Gasteiger partial charge in [0.1, 0.15) is 10.7 Å². The molecule has 102 valence electrons. The monoisotopic (exact) mass is 281 g/mol. The summed E-state index contributed by atoms with van der Waals surface area (Å²) in [4.78, 5) is 0.242. The summed E-state index contributed by atoms with van der Waals surface area (Å²) in [6.07, 6.45) is 4.55. The summed E-state index contributed by atoms with van der Waals surface area (Å²) in [5.74, 6) is 0.697. The van der Waals surface area contributed by atoms with Crippen LogP contribution in [0.5, 0.6) is 0 Å². The Morgan fingerprint density at radius 2 is 2.37 bits per heavy atom. The zero-order chi connectivity index (χ0) is 13.5. The van der Waals surface area contributed by atoms with Crippen molar-refractivity contribution < 1.29 is 12.8 Å². The molecule has 0 bridgehead atoms. The maximum absolute atomic E-state index is 12.6. The summed E-state index contributed by atoms with van der Waals surface area (Å²) in [7, 11) is -3.52. The van der Waals surface area contributed by atoms with E-state index in [0.29, 0.717) is 18.0 Å². The van der Waals surface area contributed by atoms with E-state index >= 15 is 0 Å². The minimum absolute atomic E-state index is 0.214. The third kappa shape index (κ3) is 1.98. The fourth-order valence-electron chi connectivity index (χ4n) is 2.52. The first-order chi connectivity index (χ1) is 9.10. The summed E-state index contributed by atoms with van der Waals surface area (Å²) < 4.78 is 32.2. The average Bonchev–Trinajstić information content (AvgIpc) is 3.09. The van der Waals surface area contributed by atoms with E-state index in [1.807, 2.05) is 6.07 Å². The van der Waals surface area contributed by atoms with Crippen LogP contribution in [0.15, 0.2) is 33.9 Å². The minimum atomic E-state index is -3.52. The lowest BCUT2D eigenvalue weighted by Gasteiger charge is -2.22. The van der Waals surface area contributed by atoms with Gasteiger partial charge in [0.25, 0.3) is 0 Å². The van der Waals surface area contributed by atoms with Gasteiger partial charge < -0.3 is 4.42 Å². The second-order valence-electron chi connectivity index (χ2n) is 4.65. The molecule has 7 heteroatoms. The molecule has 0 unspecified atom stereocenters. The summed E-state index contributed by atoms with van der Waals surface area (Å²) in [5.41, 5.74) is 0.560. The Morgan fingerprint density at radius 3 is 3.00 bits per heavy atom. The molecule has 3 heterocycles. The molecule has 3 rings (SSSR count). The first-order valence-electron chi connectivity index (χ1n) is 6.16. The van der Waals surface area contributed by atoms with Crippen LogP contribution in [0.25, 0.3) is 0 Å². The number of aryl methyl sites for hydroxylation is 1. The maximum atomic E-state index is 12.6. The van der Waals surface area contributed by atoms with E-state index in [0.717, 1.165) is 12.8 Å². The average molecular weight is 281 g/mol. The third-order valence-corrected chi connectivity index (χ3v) is 5.47. The number of rotatable bonds is 3. The Kier molecular flexibility index (Phi) is 2.94. The predicted octanol–water partition coefficient (Wildman–Crippen LogP) is 1.84. The van der Waals surface area contributed by atoms with Gasteiger partial charge >= 0.3 is 0 Å². The van der Waals surface area contributed by atoms with E-state index < -0.39 is 10.0 Å². The van der Waals surface area contributed by atoms with E-state index in [1.165, 1.54) is 10.5 Å². The molecule has 1 saturated heterocycles. The van der Waals surface area contributed by atoms with Gasteiger partial charge in [-0.1, -0.05) is 0 Å². The quantitative estimate of drug-likeness (QED) is 0.931. The molecule has 1 N–H and O–H groups in total. The standard InChI is InChI=1S/C12H15N3O3S/c1-9-12(8-13-14-9)19(16,17)15-6-2-4-10(15)11-5-3-7-18-11/h3,5,7-8,10H,2,4,6H2,1H3,(H,13,14)/t10-/m0/s1. The number of furan rings is 1. The zero-order valence-corrected chi connectivity index (χ0v) is 11.4. The van der Waals surface area contributed by atoms with Crippen molar-refractivity contribution in [3.05, 3.63) is 36.0 Å². The number of aromatic amines is 1. The maximum Gasteiger partial charge on any atom is 0.247 e. The van der Waals surface area contributed by atoms with Gasteiger partial charge in [-0.15, -0.1) is 0 Å². The first-order valence-corrected chi connectivity index (χ1v) is 7.60. The molecule has 0 aromatic carbocycles. The van der Waals surface area contributed by atoms with Crippen LogP contribution in [-0.2, 0) is 10.0 Å². The van der Waals surface area contributed by atoms with Crippen LogP contribution in [0.4, 0.5) is 0 Å². The predicted molar refractivity (Wildman–Crippen MR) is 67.9 cm³/mol. The smallest absolute Gasteiger partial charge is 0.247 e. The van der Waals surface area contributed by atoms with E-state index in [9.17, 15) is 8.42 Å². The summed E-state index contributed by atoms with van der Waals surface area (Å²) in [6.45, 7) is 2.22. The lowest BCUT2D eigenvalue weighted by atomic mass is 10.2. The highest BCUT2D eigenvalue weighted by atomic mass is 32.2. The molecule has 6 nitrogen and oxygen atoms in total. The molecule has 19 heavy (non-hydrogen) atoms. The van der Waals surface area contributed by atoms with Crippen molar-refractivity contribution in [3.8, 4) is 0 Å². The van der Waals surface area contributed by atoms with Crippen molar-refractivity contribution in [1.29, 1.82) is 0 Å². The molecule has 0 amide bonds. The van der Waals surface area contributed by atoms with Gasteiger partial charge in [-0.3, -0.25) is 5.10 Å². The molecule has 0 saturated carbocycles. The SMILES string of the molecule is Cc1[nH]ncc1S(=O)(=O)N1CCC[C@H]1c1ccco1. The summed E-state index contributed by atoms with van der Waals surface area (Å²) in [5, 5.41) is 6.46. The second-order valence-corrected chi connectivity index (χ2v) is 6.51. The zero-order valence-electron chi connectivity index (χ0n) is 10.5. The van der Waals surface area contributed by atoms with Gasteiger partial charge in [0, 0.05) is 6.54 Å². The Hall–Kier alpha value is -1.60. The Morgan fingerprint density at radius 1 is 1.53 bits per heavy atom. The summed E-state index contributed by atoms with van der Waals surface area (Å²) in [6, 6.07) is 3.39. The minimum Gasteiger partial charge on any atom is -0.468 e. The van der Waals surface area contributed by atoms with Gasteiger partial charge in [0.2, 0.25) is 10.0 Å². The van der Waals surface area contributed by atoms with Crippen molar-refractivity contribution in [2.24, 2.45) is 0 Å². The van der Waals surface area contributed by atoms with Gasteiger partial charge in [-0.05, 0) is 31.9 Å². The van der Waals surface area contributed by atoms with E-state index in [2.05, 4.69) is 10.2 Å². The van der Waals surface area contributed by atoms with Gasteiger partial charge in [-0.2, -0.15) is 9.40 Å². The first kappa shape index (κ1) is 12.4. The van der Waals surface area contributed by atoms with Crippen LogP contribution in [0.2, 0.25) is 0 Å². The van der Waals surface area contributed by atoms with Gasteiger partial charge in [0.15, 0.2) is 0 Å². The molecule has 1 aliphatic heterocycles. The van der Waals surface area contributed by atoms with Gasteiger partial charge in [-0.25, -0.2) is 8.42 Å². The Bertz CT molecular complexity index is 660. The number of H-pyrrole nitrogens is 1. The van der Waals surface area contributed by atoms with Crippen molar-refractivity contribution in [3.63, 3.8) is 0 Å². The largest absolute Gasteiger partial charge is 0.468 e. The van der Waals surface area contributed by atoms with Crippen LogP contribution in [-0.4, -0.2) is 29.5 Å². The normalized spacial score (nSPS) is 21.0. The lowest BCUT2D eigenvalue weighted by molar-refractivity contribution is 0.339. The van der Waals surface area contributed by atoms with Crippen molar-refractivity contribution in [2.75, 3.05) is 6.54 Å². The van der Waals surface area contributed by atoms with E-state index in [4.69, 9.17) is 4.42 Å². The van der Waals surface area contributed by atoms with Crippen LogP contribution in [0, 0.1) is 6.92 Å². The summed E-state index contributed by atoms with van der Waals surface area (Å²) >= 11 is 0. The second kappa shape index (κ2) is 4.50. The highest BCUT2D eigenvalue weighted by Crippen LogP contribution is 2.36. The topological polar surface area (TPSA) is 79.2 Å². The van der Waals surface area contributed by atoms with Gasteiger partial charge in [0.05, 0.1) is 24.2 Å². The molecule has 0 aliphatic carbocycles. The molecule has 2 aromatic rings. The molecule has 1 aliphatic rings. The van der Waals surface area contributed by atoms with Crippen molar-refractivity contribution in [2.45, 2.75) is 30.7 Å². The number of nitrogens with one attached hydrogen (secondary N) is 1. The molecular weight excluding hydrogens is 266 g/mol. The molecule has 1 fully saturated rings. The highest BCUT2D eigenvalue weighted by molar-refractivity contribution is 7.89. The fraction of sp³-hybridized carbons (Fsp3) is 0.417. The Balaban J connectivity index is 1.99. The number of nitrogens with zero attached hydrogens (tertiary/aromatic N) is 2. The van der Waals surface area contributed by atoms with Crippen LogP contribution in [0.3, 0.4) is 0 Å². The van der Waals surface area contributed by atoms with E-state index in [1.54, 1.807) is 19.3 Å². The number of hydrogen-bond donors (Lipinski definition) is 1. The van der Waals surface area contributed by atoms with Crippen LogP contribution in [0.1, 0.15) is 30.3 Å². The molecular formula is C12H15N3O3S. The Labute approximate surface area is 111 Å². The fourth-order valence-corrected chi connectivity index (χ4v) is 4.30. The molecule has 1 atom stereocenters. The highest BCUT2D eigenvalue weighted by Gasteiger charge is 2.38. The number of aromatic nitrogens is 2. The third-order valence-electron chi connectivity index (χ3n) is 3.45. The van der Waals surface area contributed by atoms with E-state index in [-0.39, 0.29) is 10.9 Å². The van der Waals surface area contributed by atoms with Crippen molar-refractivity contribution >= 4 is 10.0 Å². The van der Waals surface area contributed by atoms with Crippen molar-refractivity contribution in [1.82, 2.24) is 14.5 Å². The van der Waals surface area contributed by atoms with Crippen LogP contribution >= 0.6 is 0 Å². The van der Waals surface area contributed by atoms with Crippen LogP contribution < -0.4 is 0 Å². The molecule has 0 spiro atoms. The number of hydrogen-bond acceptors (Lipinski definition) is 4. The lowest BCUT2D eigenvalue weighted by Crippen LogP contribution is -2.30.